The van der Waals surface area contributed by atoms with Crippen LogP contribution in [0.15, 0.2) is 40.8 Å². The summed E-state index contributed by atoms with van der Waals surface area (Å²) in [5, 5.41) is -1.43. The number of fused-ring (bicyclic) bond motifs is 1. The van der Waals surface area contributed by atoms with Gasteiger partial charge in [-0.25, -0.2) is 26.0 Å². The number of carbonyl (C=O) groups is 1. The molecule has 1 N–H and O–H groups in total. The zero-order valence-corrected chi connectivity index (χ0v) is 22.7. The van der Waals surface area contributed by atoms with Gasteiger partial charge in [0.15, 0.2) is 9.84 Å². The molecule has 11 heteroatoms. The van der Waals surface area contributed by atoms with Crippen LogP contribution in [0.25, 0.3) is 22.3 Å². The molecule has 0 saturated heterocycles. The molecular formula is C26H30FNO7S2. The smallest absolute Gasteiger partial charge is 0.342 e. The summed E-state index contributed by atoms with van der Waals surface area (Å²) in [7, 11) is -7.65. The van der Waals surface area contributed by atoms with Gasteiger partial charge in [-0.3, -0.25) is 4.72 Å². The first-order valence-corrected chi connectivity index (χ1v) is 15.4. The lowest BCUT2D eigenvalue weighted by atomic mass is 10.0. The van der Waals surface area contributed by atoms with Crippen molar-refractivity contribution in [1.82, 2.24) is 0 Å². The number of sulfone groups is 1. The van der Waals surface area contributed by atoms with Crippen molar-refractivity contribution in [2.75, 3.05) is 17.1 Å². The minimum absolute atomic E-state index is 0.0796. The summed E-state index contributed by atoms with van der Waals surface area (Å²) in [6.07, 6.45) is 1.68. The number of rotatable bonds is 10. The molecule has 1 aliphatic carbocycles. The van der Waals surface area contributed by atoms with Crippen LogP contribution in [0.2, 0.25) is 0 Å². The summed E-state index contributed by atoms with van der Waals surface area (Å²) in [6, 6.07) is 8.71. The number of hydrogen-bond acceptors (Lipinski definition) is 7. The molecular weight excluding hydrogens is 521 g/mol. The molecule has 3 aromatic rings. The topological polar surface area (TPSA) is 120 Å². The van der Waals surface area contributed by atoms with Gasteiger partial charge in [0.05, 0.1) is 28.5 Å². The van der Waals surface area contributed by atoms with E-state index in [4.69, 9.17) is 9.15 Å². The number of carbonyl (C=O) groups excluding carboxylic acids is 1. The van der Waals surface area contributed by atoms with Crippen molar-refractivity contribution in [3.63, 3.8) is 0 Å². The molecule has 1 aliphatic rings. The fourth-order valence-corrected chi connectivity index (χ4v) is 7.06. The van der Waals surface area contributed by atoms with E-state index in [-0.39, 0.29) is 35.1 Å². The number of anilines is 1. The van der Waals surface area contributed by atoms with Gasteiger partial charge in [0.2, 0.25) is 10.0 Å². The highest BCUT2D eigenvalue weighted by molar-refractivity contribution is 7.96. The normalized spacial score (nSPS) is 15.2. The van der Waals surface area contributed by atoms with Crippen LogP contribution in [0.3, 0.4) is 0 Å². The van der Waals surface area contributed by atoms with E-state index in [2.05, 4.69) is 4.72 Å². The Morgan fingerprint density at radius 3 is 2.32 bits per heavy atom. The fourth-order valence-electron chi connectivity index (χ4n) is 4.05. The van der Waals surface area contributed by atoms with E-state index in [0.29, 0.717) is 16.5 Å². The molecule has 1 unspecified atom stereocenters. The number of nitrogens with one attached hydrogen (secondary N) is 1. The van der Waals surface area contributed by atoms with E-state index in [1.807, 2.05) is 0 Å². The van der Waals surface area contributed by atoms with Crippen LogP contribution in [0.4, 0.5) is 10.1 Å². The highest BCUT2D eigenvalue weighted by Crippen LogP contribution is 2.47. The summed E-state index contributed by atoms with van der Waals surface area (Å²) < 4.78 is 78.3. The maximum atomic E-state index is 13.5. The maximum absolute atomic E-state index is 13.5. The SMILES string of the molecule is CCOC(=O)c1c(-c2ccc(F)cc2)oc2cc(NS(=O)(=O)C(C)CS(=O)(=O)C(C)C)c(C3CC3)cc12. The molecule has 0 aliphatic heterocycles. The fraction of sp³-hybridized carbons (Fsp3) is 0.423. The monoisotopic (exact) mass is 551 g/mol. The van der Waals surface area contributed by atoms with Crippen LogP contribution in [-0.2, 0) is 24.6 Å². The summed E-state index contributed by atoms with van der Waals surface area (Å²) in [6.45, 7) is 6.20. The third-order valence-electron chi connectivity index (χ3n) is 6.43. The van der Waals surface area contributed by atoms with E-state index < -0.39 is 47.9 Å². The molecule has 0 amide bonds. The molecule has 37 heavy (non-hydrogen) atoms. The Morgan fingerprint density at radius 2 is 1.76 bits per heavy atom. The Morgan fingerprint density at radius 1 is 1.11 bits per heavy atom. The molecule has 1 saturated carbocycles. The van der Waals surface area contributed by atoms with Gasteiger partial charge in [0.1, 0.15) is 22.7 Å². The number of sulfonamides is 1. The van der Waals surface area contributed by atoms with Crippen LogP contribution in [0.5, 0.6) is 0 Å². The van der Waals surface area contributed by atoms with Crippen molar-refractivity contribution >= 4 is 42.5 Å². The predicted octanol–water partition coefficient (Wildman–Crippen LogP) is 5.25. The molecule has 8 nitrogen and oxygen atoms in total. The second kappa shape index (κ2) is 10.1. The van der Waals surface area contributed by atoms with Crippen LogP contribution < -0.4 is 4.72 Å². The molecule has 4 rings (SSSR count). The lowest BCUT2D eigenvalue weighted by molar-refractivity contribution is 0.0528. The summed E-state index contributed by atoms with van der Waals surface area (Å²) >= 11 is 0. The summed E-state index contributed by atoms with van der Waals surface area (Å²) in [5.41, 5.74) is 1.84. The predicted molar refractivity (Wildman–Crippen MR) is 140 cm³/mol. The quantitative estimate of drug-likeness (QED) is 0.342. The maximum Gasteiger partial charge on any atom is 0.342 e. The van der Waals surface area contributed by atoms with Gasteiger partial charge >= 0.3 is 5.97 Å². The van der Waals surface area contributed by atoms with Crippen LogP contribution in [0.1, 0.15) is 62.4 Å². The molecule has 1 atom stereocenters. The zero-order chi connectivity index (χ0) is 27.1. The van der Waals surface area contributed by atoms with E-state index in [1.165, 1.54) is 51.1 Å². The van der Waals surface area contributed by atoms with Gasteiger partial charge in [-0.1, -0.05) is 0 Å². The number of hydrogen-bond donors (Lipinski definition) is 1. The molecule has 2 aromatic carbocycles. The van der Waals surface area contributed by atoms with Gasteiger partial charge in [-0.05, 0) is 82.3 Å². The Hall–Kier alpha value is -2.92. The average molecular weight is 552 g/mol. The van der Waals surface area contributed by atoms with Gasteiger partial charge in [0.25, 0.3) is 0 Å². The Labute approximate surface area is 216 Å². The number of halogens is 1. The third kappa shape index (κ3) is 5.67. The van der Waals surface area contributed by atoms with Gasteiger partial charge in [0, 0.05) is 17.0 Å². The number of furan rings is 1. The third-order valence-corrected chi connectivity index (χ3v) is 10.8. The van der Waals surface area contributed by atoms with Crippen molar-refractivity contribution in [3.05, 3.63) is 53.3 Å². The first kappa shape index (κ1) is 27.1. The van der Waals surface area contributed by atoms with Gasteiger partial charge in [-0.2, -0.15) is 0 Å². The minimum atomic E-state index is -4.07. The van der Waals surface area contributed by atoms with Crippen LogP contribution >= 0.6 is 0 Å². The van der Waals surface area contributed by atoms with E-state index >= 15 is 0 Å². The number of ether oxygens (including phenoxy) is 1. The molecule has 1 heterocycles. The standard InChI is InChI=1S/C26H30FNO7S2/c1-5-34-26(29)24-21-12-20(17-6-7-17)22(28-37(32,33)16(4)14-36(30,31)15(2)3)13-23(21)35-25(24)18-8-10-19(27)11-9-18/h8-13,15-17,28H,5-7,14H2,1-4H3. The molecule has 0 spiro atoms. The van der Waals surface area contributed by atoms with Gasteiger partial charge < -0.3 is 9.15 Å². The van der Waals surface area contributed by atoms with E-state index in [9.17, 15) is 26.0 Å². The Kier molecular flexibility index (Phi) is 7.40. The first-order valence-electron chi connectivity index (χ1n) is 12.1. The minimum Gasteiger partial charge on any atom is -0.462 e. The van der Waals surface area contributed by atoms with Crippen molar-refractivity contribution < 1.29 is 35.2 Å². The van der Waals surface area contributed by atoms with Crippen LogP contribution in [0, 0.1) is 5.82 Å². The van der Waals surface area contributed by atoms with Crippen molar-refractivity contribution in [1.29, 1.82) is 0 Å². The number of benzene rings is 2. The van der Waals surface area contributed by atoms with Crippen molar-refractivity contribution in [2.45, 2.75) is 57.0 Å². The highest BCUT2D eigenvalue weighted by Gasteiger charge is 2.33. The molecule has 0 radical (unpaired) electrons. The second-order valence-electron chi connectivity index (χ2n) is 9.58. The highest BCUT2D eigenvalue weighted by atomic mass is 32.2. The lowest BCUT2D eigenvalue weighted by Crippen LogP contribution is -2.34. The van der Waals surface area contributed by atoms with Crippen LogP contribution in [-0.4, -0.2) is 45.7 Å². The van der Waals surface area contributed by atoms with Crippen molar-refractivity contribution in [2.24, 2.45) is 0 Å². The second-order valence-corrected chi connectivity index (χ2v) is 14.3. The molecule has 1 aromatic heterocycles. The molecule has 0 bridgehead atoms. The van der Waals surface area contributed by atoms with E-state index in [0.717, 1.165) is 12.8 Å². The summed E-state index contributed by atoms with van der Waals surface area (Å²) in [5.74, 6) is -1.30. The lowest BCUT2D eigenvalue weighted by Gasteiger charge is -2.18. The first-order chi connectivity index (χ1) is 17.3. The largest absolute Gasteiger partial charge is 0.462 e. The Balaban J connectivity index is 1.82. The summed E-state index contributed by atoms with van der Waals surface area (Å²) in [4.78, 5) is 12.9. The zero-order valence-electron chi connectivity index (χ0n) is 21.1. The molecule has 1 fully saturated rings. The number of esters is 1. The van der Waals surface area contributed by atoms with Crippen molar-refractivity contribution in [3.8, 4) is 11.3 Å². The Bertz CT molecular complexity index is 1540. The average Bonchev–Trinajstić information content (AvgIpc) is 3.59. The van der Waals surface area contributed by atoms with Gasteiger partial charge in [-0.15, -0.1) is 0 Å². The molecule has 200 valence electrons. The van der Waals surface area contributed by atoms with E-state index in [1.54, 1.807) is 13.0 Å².